The fourth-order valence-electron chi connectivity index (χ4n) is 2.35. The summed E-state index contributed by atoms with van der Waals surface area (Å²) in [6.45, 7) is 2.45. The molecule has 0 saturated carbocycles. The number of ether oxygens (including phenoxy) is 1. The Bertz CT molecular complexity index is 779. The lowest BCUT2D eigenvalue weighted by molar-refractivity contribution is -0.120. The molecule has 1 amide bonds. The smallest absolute Gasteiger partial charge is 0.337 e. The average molecular weight is 395 g/mol. The summed E-state index contributed by atoms with van der Waals surface area (Å²) in [7, 11) is 1.34. The van der Waals surface area contributed by atoms with Crippen LogP contribution in [0, 0.1) is 0 Å². The van der Waals surface area contributed by atoms with Gasteiger partial charge in [0.25, 0.3) is 0 Å². The van der Waals surface area contributed by atoms with Crippen LogP contribution in [0.1, 0.15) is 34.5 Å². The predicted molar refractivity (Wildman–Crippen MR) is 103 cm³/mol. The van der Waals surface area contributed by atoms with Gasteiger partial charge in [-0.25, -0.2) is 4.79 Å². The van der Waals surface area contributed by atoms with Gasteiger partial charge in [-0.2, -0.15) is 0 Å². The van der Waals surface area contributed by atoms with Gasteiger partial charge in [-0.05, 0) is 42.3 Å². The van der Waals surface area contributed by atoms with Crippen LogP contribution < -0.4 is 10.6 Å². The summed E-state index contributed by atoms with van der Waals surface area (Å²) in [5.74, 6) is -0.529. The number of hydrogen-bond donors (Lipinski definition) is 2. The van der Waals surface area contributed by atoms with Crippen LogP contribution in [0.3, 0.4) is 0 Å². The number of carbonyl (C=O) groups excluding carboxylic acids is 2. The van der Waals surface area contributed by atoms with Crippen molar-refractivity contribution < 1.29 is 14.3 Å². The molecule has 2 aromatic rings. The Kier molecular flexibility index (Phi) is 7.45. The van der Waals surface area contributed by atoms with Gasteiger partial charge < -0.3 is 15.4 Å². The van der Waals surface area contributed by atoms with Gasteiger partial charge in [-0.3, -0.25) is 4.79 Å². The highest BCUT2D eigenvalue weighted by Gasteiger charge is 2.11. The number of rotatable bonds is 7. The Morgan fingerprint density at radius 3 is 2.42 bits per heavy atom. The monoisotopic (exact) mass is 394 g/mol. The average Bonchev–Trinajstić information content (AvgIpc) is 2.64. The number of benzene rings is 2. The summed E-state index contributed by atoms with van der Waals surface area (Å²) in [5, 5.41) is 7.08. The molecule has 2 rings (SSSR count). The first-order valence-corrected chi connectivity index (χ1v) is 8.78. The summed E-state index contributed by atoms with van der Waals surface area (Å²) < 4.78 is 4.65. The van der Waals surface area contributed by atoms with E-state index < -0.39 is 0 Å². The minimum Gasteiger partial charge on any atom is -0.465 e. The van der Waals surface area contributed by atoms with Crippen LogP contribution >= 0.6 is 23.2 Å². The van der Waals surface area contributed by atoms with Crippen LogP contribution in [-0.4, -0.2) is 25.5 Å². The second-order valence-electron chi connectivity index (χ2n) is 5.73. The van der Waals surface area contributed by atoms with Gasteiger partial charge in [-0.15, -0.1) is 0 Å². The Balaban J connectivity index is 1.80. The van der Waals surface area contributed by atoms with Gasteiger partial charge in [-0.1, -0.05) is 41.4 Å². The largest absolute Gasteiger partial charge is 0.465 e. The molecular formula is C19H20Cl2N2O3. The molecule has 0 aliphatic carbocycles. The van der Waals surface area contributed by atoms with E-state index in [1.54, 1.807) is 36.4 Å². The summed E-state index contributed by atoms with van der Waals surface area (Å²) in [6.07, 6.45) is 0. The van der Waals surface area contributed by atoms with Crippen LogP contribution in [0.15, 0.2) is 42.5 Å². The molecule has 0 saturated heterocycles. The summed E-state index contributed by atoms with van der Waals surface area (Å²) in [6, 6.07) is 12.1. The van der Waals surface area contributed by atoms with E-state index in [0.717, 1.165) is 11.1 Å². The molecule has 2 N–H and O–H groups in total. The predicted octanol–water partition coefficient (Wildman–Crippen LogP) is 3.75. The lowest BCUT2D eigenvalue weighted by Crippen LogP contribution is -2.34. The van der Waals surface area contributed by atoms with Crippen molar-refractivity contribution in [3.63, 3.8) is 0 Å². The molecular weight excluding hydrogens is 375 g/mol. The Labute approximate surface area is 162 Å². The zero-order chi connectivity index (χ0) is 19.1. The molecule has 0 spiro atoms. The van der Waals surface area contributed by atoms with Gasteiger partial charge >= 0.3 is 5.97 Å². The molecule has 138 valence electrons. The fourth-order valence-corrected chi connectivity index (χ4v) is 2.92. The molecule has 0 aromatic heterocycles. The number of halogens is 2. The number of carbonyl (C=O) groups is 2. The third-order valence-corrected chi connectivity index (χ3v) is 4.42. The third-order valence-electron chi connectivity index (χ3n) is 3.86. The third kappa shape index (κ3) is 5.73. The van der Waals surface area contributed by atoms with E-state index in [4.69, 9.17) is 23.2 Å². The molecule has 7 heteroatoms. The van der Waals surface area contributed by atoms with Crippen molar-refractivity contribution in [2.75, 3.05) is 13.7 Å². The van der Waals surface area contributed by atoms with E-state index in [-0.39, 0.29) is 24.5 Å². The molecule has 5 nitrogen and oxygen atoms in total. The van der Waals surface area contributed by atoms with Crippen LogP contribution in [0.2, 0.25) is 10.0 Å². The maximum Gasteiger partial charge on any atom is 0.337 e. The summed E-state index contributed by atoms with van der Waals surface area (Å²) in [4.78, 5) is 23.4. The van der Waals surface area contributed by atoms with Crippen LogP contribution in [0.4, 0.5) is 0 Å². The van der Waals surface area contributed by atoms with Crippen LogP contribution in [-0.2, 0) is 16.1 Å². The Morgan fingerprint density at radius 2 is 1.81 bits per heavy atom. The molecule has 0 radical (unpaired) electrons. The van der Waals surface area contributed by atoms with E-state index in [1.807, 2.05) is 13.0 Å². The van der Waals surface area contributed by atoms with Crippen LogP contribution in [0.25, 0.3) is 0 Å². The highest BCUT2D eigenvalue weighted by molar-refractivity contribution is 6.35. The highest BCUT2D eigenvalue weighted by atomic mass is 35.5. The zero-order valence-corrected chi connectivity index (χ0v) is 16.0. The lowest BCUT2D eigenvalue weighted by atomic mass is 10.1. The Hall–Kier alpha value is -2.08. The second-order valence-corrected chi connectivity index (χ2v) is 6.58. The quantitative estimate of drug-likeness (QED) is 0.701. The minimum absolute atomic E-state index is 0.0927. The van der Waals surface area contributed by atoms with Gasteiger partial charge in [0, 0.05) is 22.6 Å². The zero-order valence-electron chi connectivity index (χ0n) is 14.5. The van der Waals surface area contributed by atoms with Gasteiger partial charge in [0.15, 0.2) is 0 Å². The summed E-state index contributed by atoms with van der Waals surface area (Å²) >= 11 is 12.1. The molecule has 0 aliphatic heterocycles. The second kappa shape index (κ2) is 9.57. The molecule has 0 unspecified atom stereocenters. The molecule has 0 fully saturated rings. The summed E-state index contributed by atoms with van der Waals surface area (Å²) in [5.41, 5.74) is 2.24. The Morgan fingerprint density at radius 1 is 1.12 bits per heavy atom. The van der Waals surface area contributed by atoms with Crippen LogP contribution in [0.5, 0.6) is 0 Å². The van der Waals surface area contributed by atoms with E-state index in [1.165, 1.54) is 7.11 Å². The van der Waals surface area contributed by atoms with E-state index in [2.05, 4.69) is 15.4 Å². The maximum absolute atomic E-state index is 12.0. The first kappa shape index (κ1) is 20.2. The van der Waals surface area contributed by atoms with E-state index >= 15 is 0 Å². The van der Waals surface area contributed by atoms with Gasteiger partial charge in [0.2, 0.25) is 5.91 Å². The highest BCUT2D eigenvalue weighted by Crippen LogP contribution is 2.25. The van der Waals surface area contributed by atoms with Gasteiger partial charge in [0.05, 0.1) is 19.2 Å². The molecule has 0 aliphatic rings. The first-order chi connectivity index (χ1) is 12.4. The van der Waals surface area contributed by atoms with E-state index in [9.17, 15) is 9.59 Å². The minimum atomic E-state index is -0.389. The number of esters is 1. The van der Waals surface area contributed by atoms with Crippen molar-refractivity contribution >= 4 is 35.1 Å². The number of methoxy groups -OCH3 is 1. The van der Waals surface area contributed by atoms with Gasteiger partial charge in [0.1, 0.15) is 0 Å². The molecule has 26 heavy (non-hydrogen) atoms. The topological polar surface area (TPSA) is 67.4 Å². The van der Waals surface area contributed by atoms with Crippen molar-refractivity contribution in [2.45, 2.75) is 19.5 Å². The van der Waals surface area contributed by atoms with E-state index in [0.29, 0.717) is 22.2 Å². The molecule has 0 heterocycles. The lowest BCUT2D eigenvalue weighted by Gasteiger charge is -2.16. The first-order valence-electron chi connectivity index (χ1n) is 8.03. The fraction of sp³-hybridized carbons (Fsp3) is 0.263. The van der Waals surface area contributed by atoms with Crippen molar-refractivity contribution in [3.8, 4) is 0 Å². The van der Waals surface area contributed by atoms with Crippen molar-refractivity contribution in [3.05, 3.63) is 69.2 Å². The number of nitrogens with one attached hydrogen (secondary N) is 2. The molecule has 0 bridgehead atoms. The molecule has 2 aromatic carbocycles. The maximum atomic E-state index is 12.0. The number of amides is 1. The normalized spacial score (nSPS) is 11.7. The molecule has 1 atom stereocenters. The van der Waals surface area contributed by atoms with Crippen molar-refractivity contribution in [1.82, 2.24) is 10.6 Å². The number of hydrogen-bond acceptors (Lipinski definition) is 4. The SMILES string of the molecule is COC(=O)c1ccc(CNC(=O)CN[C@@H](C)c2ccc(Cl)cc2Cl)cc1. The van der Waals surface area contributed by atoms with Crippen molar-refractivity contribution in [2.24, 2.45) is 0 Å². The van der Waals surface area contributed by atoms with Crippen molar-refractivity contribution in [1.29, 1.82) is 0 Å². The standard InChI is InChI=1S/C19H20Cl2N2O3/c1-12(16-8-7-15(20)9-17(16)21)22-11-18(24)23-10-13-3-5-14(6-4-13)19(25)26-2/h3-9,12,22H,10-11H2,1-2H3,(H,23,24)/t12-/m0/s1.